The first-order chi connectivity index (χ1) is 8.50. The molecule has 1 atom stereocenters. The number of nitrogens with zero attached hydrogens (tertiary/aromatic N) is 2. The van der Waals surface area contributed by atoms with Gasteiger partial charge in [0, 0.05) is 10.0 Å². The fraction of sp³-hybridized carbons (Fsp3) is 0.250. The van der Waals surface area contributed by atoms with Crippen LogP contribution in [0.1, 0.15) is 12.5 Å². The quantitative estimate of drug-likeness (QED) is 0.668. The van der Waals surface area contributed by atoms with Crippen LogP contribution in [-0.2, 0) is 10.3 Å². The fourth-order valence-electron chi connectivity index (χ4n) is 1.96. The van der Waals surface area contributed by atoms with E-state index in [0.717, 1.165) is 9.37 Å². The second kappa shape index (κ2) is 4.42. The summed E-state index contributed by atoms with van der Waals surface area (Å²) in [6.07, 6.45) is 0. The molecule has 0 aliphatic carbocycles. The predicted octanol–water partition coefficient (Wildman–Crippen LogP) is 1.74. The van der Waals surface area contributed by atoms with Crippen molar-refractivity contribution >= 4 is 27.9 Å². The van der Waals surface area contributed by atoms with Crippen molar-refractivity contribution in [3.05, 3.63) is 34.3 Å². The molecule has 3 amide bonds. The molecule has 0 bridgehead atoms. The molecule has 1 saturated heterocycles. The Bertz CT molecular complexity index is 567. The Kier molecular flexibility index (Phi) is 3.09. The summed E-state index contributed by atoms with van der Waals surface area (Å²) in [4.78, 5) is 24.9. The second-order valence-corrected chi connectivity index (χ2v) is 4.94. The molecule has 1 N–H and O–H groups in total. The van der Waals surface area contributed by atoms with Gasteiger partial charge >= 0.3 is 6.03 Å². The van der Waals surface area contributed by atoms with Crippen LogP contribution >= 0.6 is 15.9 Å². The first kappa shape index (κ1) is 12.6. The van der Waals surface area contributed by atoms with Crippen LogP contribution in [0.15, 0.2) is 28.7 Å². The summed E-state index contributed by atoms with van der Waals surface area (Å²) in [6, 6.07) is 8.44. The smallest absolute Gasteiger partial charge is 0.319 e. The Labute approximate surface area is 113 Å². The molecule has 0 spiro atoms. The number of benzene rings is 1. The van der Waals surface area contributed by atoms with Crippen molar-refractivity contribution < 1.29 is 9.59 Å². The summed E-state index contributed by atoms with van der Waals surface area (Å²) in [6.45, 7) is 1.38. The van der Waals surface area contributed by atoms with Crippen molar-refractivity contribution in [2.75, 3.05) is 6.54 Å². The van der Waals surface area contributed by atoms with Gasteiger partial charge in [-0.15, -0.1) is 0 Å². The minimum absolute atomic E-state index is 0.245. The maximum absolute atomic E-state index is 12.3. The molecule has 18 heavy (non-hydrogen) atoms. The zero-order chi connectivity index (χ0) is 13.3. The molecule has 1 unspecified atom stereocenters. The van der Waals surface area contributed by atoms with Crippen LogP contribution in [-0.4, -0.2) is 23.4 Å². The largest absolute Gasteiger partial charge is 0.326 e. The Morgan fingerprint density at radius 2 is 2.11 bits per heavy atom. The maximum Gasteiger partial charge on any atom is 0.326 e. The Morgan fingerprint density at radius 1 is 1.44 bits per heavy atom. The second-order valence-electron chi connectivity index (χ2n) is 4.08. The van der Waals surface area contributed by atoms with Gasteiger partial charge in [-0.3, -0.25) is 4.79 Å². The van der Waals surface area contributed by atoms with E-state index in [1.807, 2.05) is 6.07 Å². The van der Waals surface area contributed by atoms with Crippen LogP contribution in [0.4, 0.5) is 4.79 Å². The average molecular weight is 308 g/mol. The van der Waals surface area contributed by atoms with E-state index in [1.165, 1.54) is 0 Å². The lowest BCUT2D eigenvalue weighted by molar-refractivity contribution is -0.130. The van der Waals surface area contributed by atoms with Gasteiger partial charge < -0.3 is 5.32 Å². The number of halogens is 1. The monoisotopic (exact) mass is 307 g/mol. The number of carbonyl (C=O) groups excluding carboxylic acids is 2. The van der Waals surface area contributed by atoms with E-state index in [0.29, 0.717) is 5.56 Å². The van der Waals surface area contributed by atoms with E-state index in [2.05, 4.69) is 21.2 Å². The summed E-state index contributed by atoms with van der Waals surface area (Å²) in [5.74, 6) is -0.416. The third kappa shape index (κ3) is 1.77. The van der Waals surface area contributed by atoms with E-state index >= 15 is 0 Å². The van der Waals surface area contributed by atoms with Gasteiger partial charge in [0.1, 0.15) is 12.1 Å². The number of amides is 3. The van der Waals surface area contributed by atoms with Crippen LogP contribution in [0.3, 0.4) is 0 Å². The fourth-order valence-corrected chi connectivity index (χ4v) is 2.64. The van der Waals surface area contributed by atoms with Crippen LogP contribution in [0.25, 0.3) is 0 Å². The molecule has 0 saturated carbocycles. The zero-order valence-electron chi connectivity index (χ0n) is 9.61. The van der Waals surface area contributed by atoms with Gasteiger partial charge in [0.05, 0.1) is 6.07 Å². The van der Waals surface area contributed by atoms with Crippen LogP contribution in [0.2, 0.25) is 0 Å². The lowest BCUT2D eigenvalue weighted by atomic mass is 9.92. The number of imide groups is 1. The third-order valence-corrected chi connectivity index (χ3v) is 3.61. The Morgan fingerprint density at radius 3 is 2.72 bits per heavy atom. The van der Waals surface area contributed by atoms with Crippen LogP contribution in [0, 0.1) is 11.3 Å². The lowest BCUT2D eigenvalue weighted by Gasteiger charge is -2.23. The van der Waals surface area contributed by atoms with Gasteiger partial charge in [-0.05, 0) is 13.0 Å². The number of nitriles is 1. The van der Waals surface area contributed by atoms with E-state index in [-0.39, 0.29) is 6.54 Å². The number of carbonyl (C=O) groups is 2. The molecule has 1 aliphatic heterocycles. The molecule has 2 rings (SSSR count). The lowest BCUT2D eigenvalue weighted by Crippen LogP contribution is -2.41. The Balaban J connectivity index is 2.46. The molecule has 5 nitrogen and oxygen atoms in total. The van der Waals surface area contributed by atoms with E-state index in [1.54, 1.807) is 31.2 Å². The molecule has 1 heterocycles. The maximum atomic E-state index is 12.3. The summed E-state index contributed by atoms with van der Waals surface area (Å²) in [5, 5.41) is 11.3. The van der Waals surface area contributed by atoms with Crippen LogP contribution < -0.4 is 5.32 Å². The first-order valence-corrected chi connectivity index (χ1v) is 6.06. The number of urea groups is 1. The van der Waals surface area contributed by atoms with E-state index in [9.17, 15) is 9.59 Å². The molecule has 1 aromatic carbocycles. The molecule has 1 aromatic rings. The normalized spacial score (nSPS) is 22.8. The van der Waals surface area contributed by atoms with Gasteiger partial charge in [-0.1, -0.05) is 34.1 Å². The van der Waals surface area contributed by atoms with Gasteiger partial charge in [0.25, 0.3) is 5.91 Å². The van der Waals surface area contributed by atoms with Crippen molar-refractivity contribution in [1.29, 1.82) is 5.26 Å². The SMILES string of the molecule is CC1(c2ccccc2Br)NC(=O)N(CC#N)C1=O. The molecule has 6 heteroatoms. The van der Waals surface area contributed by atoms with Crippen LogP contribution in [0.5, 0.6) is 0 Å². The molecule has 92 valence electrons. The highest BCUT2D eigenvalue weighted by atomic mass is 79.9. The van der Waals surface area contributed by atoms with Gasteiger partial charge in [0.15, 0.2) is 0 Å². The summed E-state index contributed by atoms with van der Waals surface area (Å²) >= 11 is 3.36. The average Bonchev–Trinajstić information content (AvgIpc) is 2.55. The minimum Gasteiger partial charge on any atom is -0.319 e. The van der Waals surface area contributed by atoms with Crippen molar-refractivity contribution in [1.82, 2.24) is 10.2 Å². The van der Waals surface area contributed by atoms with Crippen molar-refractivity contribution in [3.8, 4) is 6.07 Å². The first-order valence-electron chi connectivity index (χ1n) is 5.27. The standard InChI is InChI=1S/C12H10BrN3O2/c1-12(8-4-2-3-5-9(8)13)10(17)16(7-6-14)11(18)15-12/h2-5H,7H2,1H3,(H,15,18). The summed E-state index contributed by atoms with van der Waals surface area (Å²) < 4.78 is 0.736. The predicted molar refractivity (Wildman–Crippen MR) is 67.4 cm³/mol. The number of hydrogen-bond acceptors (Lipinski definition) is 3. The number of rotatable bonds is 2. The third-order valence-electron chi connectivity index (χ3n) is 2.92. The molecule has 1 fully saturated rings. The summed E-state index contributed by atoms with van der Waals surface area (Å²) in [7, 11) is 0. The molecular weight excluding hydrogens is 298 g/mol. The number of nitrogens with one attached hydrogen (secondary N) is 1. The Hall–Kier alpha value is -1.87. The van der Waals surface area contributed by atoms with Gasteiger partial charge in [0.2, 0.25) is 0 Å². The summed E-state index contributed by atoms with van der Waals surface area (Å²) in [5.41, 5.74) is -0.461. The van der Waals surface area contributed by atoms with Gasteiger partial charge in [-0.25, -0.2) is 9.69 Å². The van der Waals surface area contributed by atoms with E-state index < -0.39 is 17.5 Å². The van der Waals surface area contributed by atoms with Crippen molar-refractivity contribution in [2.24, 2.45) is 0 Å². The minimum atomic E-state index is -1.13. The molecule has 0 aromatic heterocycles. The number of hydrogen-bond donors (Lipinski definition) is 1. The molecular formula is C12H10BrN3O2. The van der Waals surface area contributed by atoms with Gasteiger partial charge in [-0.2, -0.15) is 5.26 Å². The van der Waals surface area contributed by atoms with Crippen molar-refractivity contribution in [3.63, 3.8) is 0 Å². The highest BCUT2D eigenvalue weighted by Crippen LogP contribution is 2.33. The topological polar surface area (TPSA) is 73.2 Å². The van der Waals surface area contributed by atoms with E-state index in [4.69, 9.17) is 5.26 Å². The molecule has 1 aliphatic rings. The molecule has 0 radical (unpaired) electrons. The van der Waals surface area contributed by atoms with Crippen molar-refractivity contribution in [2.45, 2.75) is 12.5 Å². The zero-order valence-corrected chi connectivity index (χ0v) is 11.2. The highest BCUT2D eigenvalue weighted by Gasteiger charge is 2.49. The highest BCUT2D eigenvalue weighted by molar-refractivity contribution is 9.10.